The molecule has 2 aromatic rings. The van der Waals surface area contributed by atoms with Crippen molar-refractivity contribution in [1.29, 1.82) is 0 Å². The third-order valence-corrected chi connectivity index (χ3v) is 4.21. The van der Waals surface area contributed by atoms with Gasteiger partial charge in [-0.2, -0.15) is 0 Å². The van der Waals surface area contributed by atoms with Crippen LogP contribution in [0, 0.1) is 13.8 Å². The number of hydrogen-bond donors (Lipinski definition) is 0. The summed E-state index contributed by atoms with van der Waals surface area (Å²) in [5.74, 6) is 0. The van der Waals surface area contributed by atoms with Gasteiger partial charge in [0, 0.05) is 21.6 Å². The highest BCUT2D eigenvalue weighted by Gasteiger charge is 2.24. The Kier molecular flexibility index (Phi) is 2.96. The van der Waals surface area contributed by atoms with Crippen LogP contribution in [0.1, 0.15) is 23.6 Å². The van der Waals surface area contributed by atoms with Crippen LogP contribution in [0.2, 0.25) is 0 Å². The van der Waals surface area contributed by atoms with E-state index < -0.39 is 9.05 Å². The highest BCUT2D eigenvalue weighted by molar-refractivity contribution is 8.13. The largest absolute Gasteiger partial charge is 0.443 e. The van der Waals surface area contributed by atoms with Gasteiger partial charge in [0.05, 0.1) is 0 Å². The molecule has 0 unspecified atom stereocenters. The quantitative estimate of drug-likeness (QED) is 0.786. The fourth-order valence-electron chi connectivity index (χ4n) is 1.96. The van der Waals surface area contributed by atoms with Crippen LogP contribution in [0.15, 0.2) is 21.6 Å². The smallest absolute Gasteiger partial charge is 0.294 e. The number of furan rings is 1. The SMILES string of the molecule is CCc1c(S(=O)(=O)Cl)oc2c(C)c(C)ccc12. The Morgan fingerprint density at radius 3 is 2.47 bits per heavy atom. The van der Waals surface area contributed by atoms with E-state index >= 15 is 0 Å². The van der Waals surface area contributed by atoms with E-state index in [-0.39, 0.29) is 5.09 Å². The molecule has 0 spiro atoms. The second kappa shape index (κ2) is 4.03. The van der Waals surface area contributed by atoms with Gasteiger partial charge in [0.25, 0.3) is 9.05 Å². The number of hydrogen-bond acceptors (Lipinski definition) is 3. The molecule has 0 saturated carbocycles. The van der Waals surface area contributed by atoms with Gasteiger partial charge in [-0.3, -0.25) is 0 Å². The van der Waals surface area contributed by atoms with Crippen LogP contribution in [0.4, 0.5) is 0 Å². The van der Waals surface area contributed by atoms with Gasteiger partial charge in [0.15, 0.2) is 0 Å². The minimum Gasteiger partial charge on any atom is -0.443 e. The van der Waals surface area contributed by atoms with Crippen LogP contribution in [0.3, 0.4) is 0 Å². The van der Waals surface area contributed by atoms with Gasteiger partial charge in [-0.25, -0.2) is 8.42 Å². The van der Waals surface area contributed by atoms with Crippen LogP contribution in [0.5, 0.6) is 0 Å². The Morgan fingerprint density at radius 2 is 1.94 bits per heavy atom. The topological polar surface area (TPSA) is 47.3 Å². The molecule has 0 saturated heterocycles. The lowest BCUT2D eigenvalue weighted by atomic mass is 10.0. The lowest BCUT2D eigenvalue weighted by Crippen LogP contribution is -1.92. The second-order valence-electron chi connectivity index (χ2n) is 4.04. The summed E-state index contributed by atoms with van der Waals surface area (Å²) in [5.41, 5.74) is 3.27. The summed E-state index contributed by atoms with van der Waals surface area (Å²) in [4.78, 5) is 0. The molecule has 5 heteroatoms. The first kappa shape index (κ1) is 12.5. The predicted molar refractivity (Wildman–Crippen MR) is 68.1 cm³/mol. The third-order valence-electron chi connectivity index (χ3n) is 3.02. The minimum absolute atomic E-state index is 0.120. The van der Waals surface area contributed by atoms with Gasteiger partial charge in [-0.15, -0.1) is 0 Å². The molecule has 0 fully saturated rings. The van der Waals surface area contributed by atoms with E-state index in [1.54, 1.807) is 0 Å². The second-order valence-corrected chi connectivity index (χ2v) is 6.51. The van der Waals surface area contributed by atoms with Crippen molar-refractivity contribution in [3.05, 3.63) is 28.8 Å². The Hall–Kier alpha value is -1.00. The fourth-order valence-corrected chi connectivity index (χ4v) is 3.06. The van der Waals surface area contributed by atoms with Crippen LogP contribution in [-0.4, -0.2) is 8.42 Å². The van der Waals surface area contributed by atoms with Gasteiger partial charge >= 0.3 is 0 Å². The summed E-state index contributed by atoms with van der Waals surface area (Å²) in [7, 11) is 1.55. The van der Waals surface area contributed by atoms with Crippen LogP contribution < -0.4 is 0 Å². The summed E-state index contributed by atoms with van der Waals surface area (Å²) in [6, 6.07) is 3.84. The zero-order chi connectivity index (χ0) is 12.8. The monoisotopic (exact) mass is 272 g/mol. The van der Waals surface area contributed by atoms with Gasteiger partial charge < -0.3 is 4.42 Å². The lowest BCUT2D eigenvalue weighted by Gasteiger charge is -1.99. The summed E-state index contributed by atoms with van der Waals surface area (Å²) in [6.45, 7) is 5.74. The van der Waals surface area contributed by atoms with Crippen molar-refractivity contribution in [3.8, 4) is 0 Å². The number of benzene rings is 1. The molecule has 2 rings (SSSR count). The normalized spacial score (nSPS) is 12.2. The van der Waals surface area contributed by atoms with E-state index in [0.29, 0.717) is 17.6 Å². The van der Waals surface area contributed by atoms with E-state index in [1.807, 2.05) is 32.9 Å². The highest BCUT2D eigenvalue weighted by atomic mass is 35.7. The lowest BCUT2D eigenvalue weighted by molar-refractivity contribution is 0.480. The summed E-state index contributed by atoms with van der Waals surface area (Å²) < 4.78 is 28.3. The molecule has 3 nitrogen and oxygen atoms in total. The number of rotatable bonds is 2. The molecule has 0 radical (unpaired) electrons. The molecule has 1 aromatic carbocycles. The zero-order valence-corrected chi connectivity index (χ0v) is 11.4. The molecule has 0 bridgehead atoms. The summed E-state index contributed by atoms with van der Waals surface area (Å²) >= 11 is 0. The van der Waals surface area contributed by atoms with Crippen LogP contribution in [-0.2, 0) is 15.5 Å². The number of halogens is 1. The standard InChI is InChI=1S/C12H13ClO3S/c1-4-9-10-6-5-7(2)8(3)11(10)16-12(9)17(13,14)15/h5-6H,4H2,1-3H3. The van der Waals surface area contributed by atoms with E-state index in [1.165, 1.54) is 0 Å². The van der Waals surface area contributed by atoms with Crippen molar-refractivity contribution >= 4 is 30.7 Å². The Bertz CT molecular complexity index is 683. The average Bonchev–Trinajstić information content (AvgIpc) is 2.62. The molecule has 0 N–H and O–H groups in total. The van der Waals surface area contributed by atoms with Crippen molar-refractivity contribution in [3.63, 3.8) is 0 Å². The Balaban J connectivity index is 2.94. The van der Waals surface area contributed by atoms with Gasteiger partial charge in [-0.1, -0.05) is 19.1 Å². The molecule has 0 aliphatic rings. The third kappa shape index (κ3) is 1.96. The molecule has 0 aliphatic carbocycles. The van der Waals surface area contributed by atoms with Crippen molar-refractivity contribution in [1.82, 2.24) is 0 Å². The molecule has 0 aliphatic heterocycles. The molecule has 0 amide bonds. The van der Waals surface area contributed by atoms with E-state index in [9.17, 15) is 8.42 Å². The number of aryl methyl sites for hydroxylation is 3. The molecule has 17 heavy (non-hydrogen) atoms. The first-order valence-electron chi connectivity index (χ1n) is 5.32. The summed E-state index contributed by atoms with van der Waals surface area (Å²) in [6.07, 6.45) is 0.566. The zero-order valence-electron chi connectivity index (χ0n) is 9.87. The van der Waals surface area contributed by atoms with Crippen LogP contribution in [0.25, 0.3) is 11.0 Å². The molecular formula is C12H13ClO3S. The van der Waals surface area contributed by atoms with Gasteiger partial charge in [-0.05, 0) is 31.4 Å². The maximum atomic E-state index is 11.5. The first-order valence-corrected chi connectivity index (χ1v) is 7.63. The molecule has 0 atom stereocenters. The number of fused-ring (bicyclic) bond motifs is 1. The minimum atomic E-state index is -3.83. The molecule has 92 valence electrons. The van der Waals surface area contributed by atoms with E-state index in [4.69, 9.17) is 15.1 Å². The average molecular weight is 273 g/mol. The predicted octanol–water partition coefficient (Wildman–Crippen LogP) is 3.54. The highest BCUT2D eigenvalue weighted by Crippen LogP contribution is 2.34. The maximum absolute atomic E-state index is 11.5. The van der Waals surface area contributed by atoms with E-state index in [0.717, 1.165) is 16.5 Å². The van der Waals surface area contributed by atoms with Crippen molar-refractivity contribution < 1.29 is 12.8 Å². The van der Waals surface area contributed by atoms with Crippen molar-refractivity contribution in [2.24, 2.45) is 0 Å². The molecule has 1 aromatic heterocycles. The van der Waals surface area contributed by atoms with Crippen LogP contribution >= 0.6 is 10.7 Å². The summed E-state index contributed by atoms with van der Waals surface area (Å²) in [5, 5.41) is 0.709. The molecule has 1 heterocycles. The Morgan fingerprint density at radius 1 is 1.29 bits per heavy atom. The fraction of sp³-hybridized carbons (Fsp3) is 0.333. The maximum Gasteiger partial charge on any atom is 0.294 e. The van der Waals surface area contributed by atoms with Gasteiger partial charge in [0.1, 0.15) is 5.58 Å². The van der Waals surface area contributed by atoms with Crippen molar-refractivity contribution in [2.75, 3.05) is 0 Å². The van der Waals surface area contributed by atoms with Gasteiger partial charge in [0.2, 0.25) is 5.09 Å². The van der Waals surface area contributed by atoms with Crippen molar-refractivity contribution in [2.45, 2.75) is 32.3 Å². The van der Waals surface area contributed by atoms with E-state index in [2.05, 4.69) is 0 Å². The Labute approximate surface area is 105 Å². The molecular weight excluding hydrogens is 260 g/mol. The first-order chi connectivity index (χ1) is 7.86.